The standard InChI is InChI=1S/C4H6N3.3CH3.Sn/c1-4-3-7(2)6-5-4;;;;/h1-2H3;3*1H3;. The summed E-state index contributed by atoms with van der Waals surface area (Å²) in [6.07, 6.45) is 0. The van der Waals surface area contributed by atoms with Crippen LogP contribution in [0.4, 0.5) is 0 Å². The van der Waals surface area contributed by atoms with Gasteiger partial charge in [0.1, 0.15) is 0 Å². The number of aryl methyl sites for hydroxylation is 2. The van der Waals surface area contributed by atoms with Crippen LogP contribution in [0.25, 0.3) is 0 Å². The molecule has 0 aromatic carbocycles. The topological polar surface area (TPSA) is 30.7 Å². The van der Waals surface area contributed by atoms with Crippen molar-refractivity contribution in [3.63, 3.8) is 0 Å². The predicted molar refractivity (Wildman–Crippen MR) is 48.7 cm³/mol. The van der Waals surface area contributed by atoms with Crippen LogP contribution in [0.2, 0.25) is 14.8 Å². The number of rotatable bonds is 1. The summed E-state index contributed by atoms with van der Waals surface area (Å²) in [6, 6.07) is 0. The van der Waals surface area contributed by atoms with Crippen LogP contribution in [-0.4, -0.2) is 33.4 Å². The molecule has 0 amide bonds. The molecular formula is C7H15N3Sn. The van der Waals surface area contributed by atoms with E-state index in [2.05, 4.69) is 25.1 Å². The molecule has 0 unspecified atom stereocenters. The maximum atomic E-state index is 4.05. The van der Waals surface area contributed by atoms with Crippen molar-refractivity contribution in [2.24, 2.45) is 7.05 Å². The normalized spacial score (nSPS) is 12.1. The first-order chi connectivity index (χ1) is 4.93. The number of hydrogen-bond acceptors (Lipinski definition) is 2. The van der Waals surface area contributed by atoms with E-state index in [1.165, 1.54) is 3.71 Å². The SMILES string of the molecule is Cc1nnn(C)[c]1[Sn]([CH3])([CH3])[CH3]. The zero-order valence-electron chi connectivity index (χ0n) is 7.84. The molecule has 11 heavy (non-hydrogen) atoms. The van der Waals surface area contributed by atoms with Crippen molar-refractivity contribution in [3.8, 4) is 0 Å². The molecule has 0 spiro atoms. The second-order valence-corrected chi connectivity index (χ2v) is 18.1. The Kier molecular flexibility index (Phi) is 2.27. The molecule has 1 aromatic rings. The zero-order chi connectivity index (χ0) is 8.65. The van der Waals surface area contributed by atoms with Gasteiger partial charge in [-0.05, 0) is 0 Å². The fourth-order valence-electron chi connectivity index (χ4n) is 1.49. The first-order valence-electron chi connectivity index (χ1n) is 3.79. The van der Waals surface area contributed by atoms with Gasteiger partial charge in [0.2, 0.25) is 0 Å². The Labute approximate surface area is 71.7 Å². The molecule has 0 aliphatic carbocycles. The molecule has 0 fully saturated rings. The Bertz CT molecular complexity index is 240. The van der Waals surface area contributed by atoms with E-state index in [1.807, 2.05) is 18.7 Å². The van der Waals surface area contributed by atoms with Gasteiger partial charge in [0.05, 0.1) is 0 Å². The van der Waals surface area contributed by atoms with Crippen LogP contribution in [0.3, 0.4) is 0 Å². The van der Waals surface area contributed by atoms with Crippen molar-refractivity contribution in [3.05, 3.63) is 5.69 Å². The van der Waals surface area contributed by atoms with E-state index in [9.17, 15) is 0 Å². The molecule has 0 aliphatic heterocycles. The summed E-state index contributed by atoms with van der Waals surface area (Å²) < 4.78 is 3.35. The molecule has 4 heteroatoms. The van der Waals surface area contributed by atoms with Gasteiger partial charge < -0.3 is 0 Å². The Hall–Kier alpha value is -0.0613. The third kappa shape index (κ3) is 1.75. The zero-order valence-corrected chi connectivity index (χ0v) is 10.7. The van der Waals surface area contributed by atoms with Crippen LogP contribution in [0, 0.1) is 6.92 Å². The van der Waals surface area contributed by atoms with Crippen molar-refractivity contribution in [1.29, 1.82) is 0 Å². The van der Waals surface area contributed by atoms with Crippen molar-refractivity contribution in [1.82, 2.24) is 15.0 Å². The molecule has 0 radical (unpaired) electrons. The minimum atomic E-state index is -1.94. The van der Waals surface area contributed by atoms with Gasteiger partial charge in [0.25, 0.3) is 0 Å². The Morgan fingerprint density at radius 3 is 2.00 bits per heavy atom. The average molecular weight is 260 g/mol. The molecule has 0 saturated carbocycles. The summed E-state index contributed by atoms with van der Waals surface area (Å²) >= 11 is -1.94. The minimum absolute atomic E-state index is 1.12. The van der Waals surface area contributed by atoms with Crippen LogP contribution in [-0.2, 0) is 7.05 Å². The molecule has 0 saturated heterocycles. The van der Waals surface area contributed by atoms with E-state index in [0.717, 1.165) is 5.69 Å². The summed E-state index contributed by atoms with van der Waals surface area (Å²) in [5, 5.41) is 8.05. The van der Waals surface area contributed by atoms with Crippen molar-refractivity contribution in [2.75, 3.05) is 0 Å². The Morgan fingerprint density at radius 2 is 1.82 bits per heavy atom. The third-order valence-electron chi connectivity index (χ3n) is 1.71. The summed E-state index contributed by atoms with van der Waals surface area (Å²) in [7, 11) is 1.98. The van der Waals surface area contributed by atoms with E-state index in [4.69, 9.17) is 0 Å². The van der Waals surface area contributed by atoms with E-state index in [1.54, 1.807) is 0 Å². The summed E-state index contributed by atoms with van der Waals surface area (Å²) in [4.78, 5) is 7.13. The van der Waals surface area contributed by atoms with Crippen LogP contribution in [0.1, 0.15) is 5.69 Å². The molecule has 1 aromatic heterocycles. The molecular weight excluding hydrogens is 245 g/mol. The Morgan fingerprint density at radius 1 is 1.27 bits per heavy atom. The first-order valence-corrected chi connectivity index (χ1v) is 13.8. The van der Waals surface area contributed by atoms with Crippen molar-refractivity contribution < 1.29 is 0 Å². The van der Waals surface area contributed by atoms with E-state index < -0.39 is 18.4 Å². The fourth-order valence-corrected chi connectivity index (χ4v) is 7.63. The molecule has 3 nitrogen and oxygen atoms in total. The number of hydrogen-bond donors (Lipinski definition) is 0. The Balaban J connectivity index is 3.21. The van der Waals surface area contributed by atoms with Crippen LogP contribution < -0.4 is 3.71 Å². The first kappa shape index (κ1) is 9.03. The second kappa shape index (κ2) is 2.77. The average Bonchev–Trinajstić information content (AvgIpc) is 2.08. The molecule has 0 bridgehead atoms. The van der Waals surface area contributed by atoms with Crippen LogP contribution in [0.15, 0.2) is 0 Å². The maximum absolute atomic E-state index is 4.05. The summed E-state index contributed by atoms with van der Waals surface area (Å²) in [5.41, 5.74) is 1.12. The van der Waals surface area contributed by atoms with Crippen molar-refractivity contribution in [2.45, 2.75) is 21.7 Å². The van der Waals surface area contributed by atoms with Gasteiger partial charge in [-0.15, -0.1) is 0 Å². The van der Waals surface area contributed by atoms with Gasteiger partial charge in [0, 0.05) is 0 Å². The van der Waals surface area contributed by atoms with Crippen LogP contribution in [0.5, 0.6) is 0 Å². The molecule has 0 atom stereocenters. The molecule has 62 valence electrons. The van der Waals surface area contributed by atoms with Gasteiger partial charge in [-0.1, -0.05) is 0 Å². The van der Waals surface area contributed by atoms with Gasteiger partial charge in [-0.2, -0.15) is 0 Å². The molecule has 1 rings (SSSR count). The van der Waals surface area contributed by atoms with Crippen molar-refractivity contribution >= 4 is 22.1 Å². The summed E-state index contributed by atoms with van der Waals surface area (Å²) in [6.45, 7) is 2.05. The summed E-state index contributed by atoms with van der Waals surface area (Å²) in [5.74, 6) is 0. The van der Waals surface area contributed by atoms with Gasteiger partial charge in [-0.3, -0.25) is 0 Å². The number of aromatic nitrogens is 3. The monoisotopic (exact) mass is 261 g/mol. The van der Waals surface area contributed by atoms with E-state index in [0.29, 0.717) is 0 Å². The molecule has 0 N–H and O–H groups in total. The van der Waals surface area contributed by atoms with Gasteiger partial charge in [0.15, 0.2) is 0 Å². The van der Waals surface area contributed by atoms with E-state index in [-0.39, 0.29) is 0 Å². The van der Waals surface area contributed by atoms with Gasteiger partial charge >= 0.3 is 71.6 Å². The third-order valence-corrected chi connectivity index (χ3v) is 7.72. The second-order valence-electron chi connectivity index (χ2n) is 3.90. The van der Waals surface area contributed by atoms with Crippen LogP contribution >= 0.6 is 0 Å². The quantitative estimate of drug-likeness (QED) is 0.695. The predicted octanol–water partition coefficient (Wildman–Crippen LogP) is 0.669. The fraction of sp³-hybridized carbons (Fsp3) is 0.714. The van der Waals surface area contributed by atoms with E-state index >= 15 is 0 Å². The molecule has 1 heterocycles. The number of nitrogens with zero attached hydrogens (tertiary/aromatic N) is 3. The van der Waals surface area contributed by atoms with Gasteiger partial charge in [-0.25, -0.2) is 0 Å². The molecule has 0 aliphatic rings.